The predicted molar refractivity (Wildman–Crippen MR) is 110 cm³/mol. The van der Waals surface area contributed by atoms with Crippen LogP contribution in [0.25, 0.3) is 22.6 Å². The van der Waals surface area contributed by atoms with E-state index >= 15 is 0 Å². The first kappa shape index (κ1) is 17.6. The highest BCUT2D eigenvalue weighted by Crippen LogP contribution is 2.26. The van der Waals surface area contributed by atoms with Crippen LogP contribution in [0.3, 0.4) is 0 Å². The first-order valence-electron chi connectivity index (χ1n) is 8.32. The number of nitrogens with zero attached hydrogens (tertiary/aromatic N) is 1. The van der Waals surface area contributed by atoms with E-state index in [-0.39, 0.29) is 5.91 Å². The fourth-order valence-corrected chi connectivity index (χ4v) is 3.43. The van der Waals surface area contributed by atoms with Gasteiger partial charge in [0.25, 0.3) is 0 Å². The number of halogens is 1. The van der Waals surface area contributed by atoms with Gasteiger partial charge in [0.15, 0.2) is 5.58 Å². The quantitative estimate of drug-likeness (QED) is 0.429. The summed E-state index contributed by atoms with van der Waals surface area (Å²) in [6.45, 7) is 0. The molecule has 0 radical (unpaired) electrons. The summed E-state index contributed by atoms with van der Waals surface area (Å²) >= 11 is 7.33. The zero-order valence-electron chi connectivity index (χ0n) is 14.2. The SMILES string of the molecule is O=C(CSc1ccc(Cl)cc1)Nc1cccc(-c2nc3ccccc3o2)c1. The number of hydrogen-bond donors (Lipinski definition) is 1. The van der Waals surface area contributed by atoms with Gasteiger partial charge in [-0.15, -0.1) is 11.8 Å². The molecule has 27 heavy (non-hydrogen) atoms. The lowest BCUT2D eigenvalue weighted by atomic mass is 10.2. The number of carbonyl (C=O) groups excluding carboxylic acids is 1. The Morgan fingerprint density at radius 3 is 2.67 bits per heavy atom. The Hall–Kier alpha value is -2.76. The Morgan fingerprint density at radius 2 is 1.85 bits per heavy atom. The second-order valence-electron chi connectivity index (χ2n) is 5.86. The summed E-state index contributed by atoms with van der Waals surface area (Å²) in [5.41, 5.74) is 3.06. The molecule has 6 heteroatoms. The number of aromatic nitrogens is 1. The number of rotatable bonds is 5. The average Bonchev–Trinajstić information content (AvgIpc) is 3.12. The zero-order chi connectivity index (χ0) is 18.6. The molecule has 0 saturated heterocycles. The van der Waals surface area contributed by atoms with Gasteiger partial charge in [-0.25, -0.2) is 4.98 Å². The molecule has 0 aliphatic heterocycles. The van der Waals surface area contributed by atoms with Gasteiger partial charge in [0.2, 0.25) is 11.8 Å². The number of carbonyl (C=O) groups is 1. The molecule has 0 saturated carbocycles. The predicted octanol–water partition coefficient (Wildman–Crippen LogP) is 5.88. The van der Waals surface area contributed by atoms with Crippen LogP contribution in [-0.2, 0) is 4.79 Å². The minimum atomic E-state index is -0.0790. The van der Waals surface area contributed by atoms with E-state index in [1.165, 1.54) is 11.8 Å². The zero-order valence-corrected chi connectivity index (χ0v) is 15.8. The number of para-hydroxylation sites is 2. The minimum Gasteiger partial charge on any atom is -0.436 e. The van der Waals surface area contributed by atoms with Crippen molar-refractivity contribution in [1.82, 2.24) is 4.98 Å². The molecular weight excluding hydrogens is 380 g/mol. The summed E-state index contributed by atoms with van der Waals surface area (Å²) in [6, 6.07) is 22.5. The highest BCUT2D eigenvalue weighted by atomic mass is 35.5. The lowest BCUT2D eigenvalue weighted by Crippen LogP contribution is -2.13. The van der Waals surface area contributed by atoms with Crippen molar-refractivity contribution in [2.75, 3.05) is 11.1 Å². The van der Waals surface area contributed by atoms with E-state index < -0.39 is 0 Å². The second-order valence-corrected chi connectivity index (χ2v) is 7.34. The van der Waals surface area contributed by atoms with Crippen molar-refractivity contribution in [2.24, 2.45) is 0 Å². The van der Waals surface area contributed by atoms with Gasteiger partial charge in [0, 0.05) is 21.2 Å². The number of thioether (sulfide) groups is 1. The van der Waals surface area contributed by atoms with Crippen LogP contribution < -0.4 is 5.32 Å². The third-order valence-corrected chi connectivity index (χ3v) is 5.13. The van der Waals surface area contributed by atoms with Crippen molar-refractivity contribution in [1.29, 1.82) is 0 Å². The standard InChI is InChI=1S/C21H15ClN2O2S/c22-15-8-10-17(11-9-15)27-13-20(25)23-16-5-3-4-14(12-16)21-24-18-6-1-2-7-19(18)26-21/h1-12H,13H2,(H,23,25). The molecule has 0 aliphatic rings. The number of hydrogen-bond acceptors (Lipinski definition) is 4. The summed E-state index contributed by atoms with van der Waals surface area (Å²) in [5, 5.41) is 3.59. The van der Waals surface area contributed by atoms with Gasteiger partial charge in [-0.3, -0.25) is 4.79 Å². The summed E-state index contributed by atoms with van der Waals surface area (Å²) in [4.78, 5) is 17.7. The summed E-state index contributed by atoms with van der Waals surface area (Å²) in [5.74, 6) is 0.766. The van der Waals surface area contributed by atoms with Crippen molar-refractivity contribution in [3.63, 3.8) is 0 Å². The Bertz CT molecular complexity index is 1060. The smallest absolute Gasteiger partial charge is 0.234 e. The van der Waals surface area contributed by atoms with Gasteiger partial charge >= 0.3 is 0 Å². The van der Waals surface area contributed by atoms with E-state index in [0.29, 0.717) is 22.4 Å². The summed E-state index contributed by atoms with van der Waals surface area (Å²) < 4.78 is 5.79. The lowest BCUT2D eigenvalue weighted by Gasteiger charge is -2.06. The van der Waals surface area contributed by atoms with Crippen molar-refractivity contribution in [3.05, 3.63) is 77.8 Å². The van der Waals surface area contributed by atoms with Crippen LogP contribution in [0.15, 0.2) is 82.1 Å². The Balaban J connectivity index is 1.44. The Kier molecular flexibility index (Phi) is 5.14. The van der Waals surface area contributed by atoms with Crippen molar-refractivity contribution in [2.45, 2.75) is 4.90 Å². The average molecular weight is 395 g/mol. The van der Waals surface area contributed by atoms with Crippen molar-refractivity contribution < 1.29 is 9.21 Å². The molecule has 1 N–H and O–H groups in total. The van der Waals surface area contributed by atoms with E-state index in [4.69, 9.17) is 16.0 Å². The monoisotopic (exact) mass is 394 g/mol. The van der Waals surface area contributed by atoms with Crippen LogP contribution in [0.4, 0.5) is 5.69 Å². The van der Waals surface area contributed by atoms with E-state index in [1.807, 2.05) is 72.8 Å². The number of anilines is 1. The van der Waals surface area contributed by atoms with Crippen LogP contribution in [-0.4, -0.2) is 16.6 Å². The second kappa shape index (κ2) is 7.86. The maximum absolute atomic E-state index is 12.2. The van der Waals surface area contributed by atoms with E-state index in [2.05, 4.69) is 10.3 Å². The van der Waals surface area contributed by atoms with Gasteiger partial charge < -0.3 is 9.73 Å². The first-order valence-corrected chi connectivity index (χ1v) is 9.68. The largest absolute Gasteiger partial charge is 0.436 e. The molecule has 0 fully saturated rings. The number of benzene rings is 3. The van der Waals surface area contributed by atoms with E-state index in [0.717, 1.165) is 21.6 Å². The number of oxazole rings is 1. The van der Waals surface area contributed by atoms with Crippen molar-refractivity contribution >= 4 is 46.1 Å². The molecule has 0 spiro atoms. The molecule has 134 valence electrons. The number of amides is 1. The van der Waals surface area contributed by atoms with Crippen LogP contribution in [0.2, 0.25) is 5.02 Å². The van der Waals surface area contributed by atoms with E-state index in [1.54, 1.807) is 0 Å². The molecule has 1 amide bonds. The van der Waals surface area contributed by atoms with Gasteiger partial charge in [-0.1, -0.05) is 29.8 Å². The molecule has 1 heterocycles. The highest BCUT2D eigenvalue weighted by molar-refractivity contribution is 8.00. The molecule has 1 aromatic heterocycles. The third kappa shape index (κ3) is 4.32. The third-order valence-electron chi connectivity index (χ3n) is 3.87. The molecule has 4 nitrogen and oxygen atoms in total. The van der Waals surface area contributed by atoms with Gasteiger partial charge in [0.1, 0.15) is 5.52 Å². The summed E-state index contributed by atoms with van der Waals surface area (Å²) in [7, 11) is 0. The maximum Gasteiger partial charge on any atom is 0.234 e. The van der Waals surface area contributed by atoms with Crippen LogP contribution >= 0.6 is 23.4 Å². The van der Waals surface area contributed by atoms with Crippen LogP contribution in [0, 0.1) is 0 Å². The molecule has 0 atom stereocenters. The molecular formula is C21H15ClN2O2S. The molecule has 4 aromatic rings. The maximum atomic E-state index is 12.2. The minimum absolute atomic E-state index is 0.0790. The fourth-order valence-electron chi connectivity index (χ4n) is 2.60. The van der Waals surface area contributed by atoms with Gasteiger partial charge in [0.05, 0.1) is 5.75 Å². The van der Waals surface area contributed by atoms with Crippen LogP contribution in [0.1, 0.15) is 0 Å². The van der Waals surface area contributed by atoms with Gasteiger partial charge in [-0.2, -0.15) is 0 Å². The van der Waals surface area contributed by atoms with Crippen LogP contribution in [0.5, 0.6) is 0 Å². The normalized spacial score (nSPS) is 10.9. The molecule has 4 rings (SSSR count). The van der Waals surface area contributed by atoms with E-state index in [9.17, 15) is 4.79 Å². The number of nitrogens with one attached hydrogen (secondary N) is 1. The molecule has 0 aliphatic carbocycles. The van der Waals surface area contributed by atoms with Gasteiger partial charge in [-0.05, 0) is 54.6 Å². The number of fused-ring (bicyclic) bond motifs is 1. The molecule has 0 unspecified atom stereocenters. The lowest BCUT2D eigenvalue weighted by molar-refractivity contribution is -0.113. The Morgan fingerprint density at radius 1 is 1.04 bits per heavy atom. The topological polar surface area (TPSA) is 55.1 Å². The summed E-state index contributed by atoms with van der Waals surface area (Å²) in [6.07, 6.45) is 0. The highest BCUT2D eigenvalue weighted by Gasteiger charge is 2.10. The first-order chi connectivity index (χ1) is 13.2. The molecule has 3 aromatic carbocycles. The molecule has 0 bridgehead atoms. The van der Waals surface area contributed by atoms with Crippen molar-refractivity contribution in [3.8, 4) is 11.5 Å². The fraction of sp³-hybridized carbons (Fsp3) is 0.0476. The Labute approximate surface area is 165 Å².